The minimum absolute atomic E-state index is 0.122. The Hall–Kier alpha value is -2.30. The maximum absolute atomic E-state index is 13.6. The number of carbonyl (C=O) groups is 3. The van der Waals surface area contributed by atoms with Crippen molar-refractivity contribution in [3.63, 3.8) is 0 Å². The lowest BCUT2D eigenvalue weighted by Gasteiger charge is -2.49. The third kappa shape index (κ3) is 4.51. The fourth-order valence-corrected chi connectivity index (χ4v) is 6.37. The molecule has 2 N–H and O–H groups in total. The average molecular weight is 523 g/mol. The normalized spacial score (nSPS) is 20.2. The molecule has 160 valence electrons. The molecule has 0 unspecified atom stereocenters. The number of benzene rings is 2. The molecule has 2 aromatic rings. The molecule has 0 aliphatic carbocycles. The third-order valence-electron chi connectivity index (χ3n) is 4.79. The molecule has 0 spiro atoms. The zero-order chi connectivity index (χ0) is 22.1. The van der Waals surface area contributed by atoms with Gasteiger partial charge in [0, 0.05) is 20.0 Å². The van der Waals surface area contributed by atoms with Crippen molar-refractivity contribution in [1.29, 1.82) is 0 Å². The number of nitrogens with zero attached hydrogens (tertiary/aromatic N) is 1. The van der Waals surface area contributed by atoms with Gasteiger partial charge in [0.2, 0.25) is 5.91 Å². The summed E-state index contributed by atoms with van der Waals surface area (Å²) >= 11 is 5.82. The molecule has 0 aromatic heterocycles. The summed E-state index contributed by atoms with van der Waals surface area (Å²) in [5.41, 5.74) is 0.703. The van der Waals surface area contributed by atoms with Crippen LogP contribution in [0.5, 0.6) is 0 Å². The first-order valence-corrected chi connectivity index (χ1v) is 11.9. The fraction of sp³-hybridized carbons (Fsp3) is 0.190. The summed E-state index contributed by atoms with van der Waals surface area (Å²) in [6.45, 7) is 0. The van der Waals surface area contributed by atoms with E-state index in [2.05, 4.69) is 21.2 Å². The summed E-state index contributed by atoms with van der Waals surface area (Å²) in [6.07, 6.45) is 0.137. The predicted octanol–water partition coefficient (Wildman–Crippen LogP) is 3.62. The number of aliphatic carboxylic acids is 1. The Morgan fingerprint density at radius 2 is 2.00 bits per heavy atom. The number of nitrogens with one attached hydrogen (secondary N) is 1. The van der Waals surface area contributed by atoms with Gasteiger partial charge in [-0.1, -0.05) is 42.1 Å². The van der Waals surface area contributed by atoms with E-state index in [1.807, 2.05) is 30.3 Å². The van der Waals surface area contributed by atoms with Crippen LogP contribution in [-0.2, 0) is 20.8 Å². The molecule has 2 aliphatic heterocycles. The van der Waals surface area contributed by atoms with Gasteiger partial charge in [-0.3, -0.25) is 14.5 Å². The second-order valence-electron chi connectivity index (χ2n) is 6.87. The second kappa shape index (κ2) is 9.05. The Labute approximate surface area is 194 Å². The number of hydrogen-bond acceptors (Lipinski definition) is 5. The lowest BCUT2D eigenvalue weighted by atomic mass is 10.0. The summed E-state index contributed by atoms with van der Waals surface area (Å²) in [5, 5.41) is 12.0. The van der Waals surface area contributed by atoms with Gasteiger partial charge >= 0.3 is 5.97 Å². The zero-order valence-corrected chi connectivity index (χ0v) is 19.1. The van der Waals surface area contributed by atoms with Crippen LogP contribution in [-0.4, -0.2) is 45.0 Å². The first kappa shape index (κ1) is 21.9. The summed E-state index contributed by atoms with van der Waals surface area (Å²) in [4.78, 5) is 39.2. The zero-order valence-electron chi connectivity index (χ0n) is 15.9. The number of thioether (sulfide) groups is 2. The van der Waals surface area contributed by atoms with Crippen molar-refractivity contribution in [2.45, 2.75) is 22.7 Å². The highest BCUT2D eigenvalue weighted by Gasteiger charge is 2.54. The molecular weight excluding hydrogens is 507 g/mol. The average Bonchev–Trinajstić information content (AvgIpc) is 2.74. The van der Waals surface area contributed by atoms with Gasteiger partial charge in [0.1, 0.15) is 22.9 Å². The molecular formula is C21H16BrFN2O4S2. The number of hydrogen-bond donors (Lipinski definition) is 2. The summed E-state index contributed by atoms with van der Waals surface area (Å²) in [7, 11) is 0. The van der Waals surface area contributed by atoms with Gasteiger partial charge in [-0.05, 0) is 39.7 Å². The van der Waals surface area contributed by atoms with Crippen molar-refractivity contribution in [2.24, 2.45) is 0 Å². The van der Waals surface area contributed by atoms with Crippen LogP contribution in [0.15, 0.2) is 68.5 Å². The Morgan fingerprint density at radius 3 is 2.71 bits per heavy atom. The van der Waals surface area contributed by atoms with E-state index in [-0.39, 0.29) is 18.0 Å². The third-order valence-corrected chi connectivity index (χ3v) is 8.34. The van der Waals surface area contributed by atoms with Crippen molar-refractivity contribution in [3.05, 3.63) is 75.0 Å². The van der Waals surface area contributed by atoms with Crippen LogP contribution in [0.4, 0.5) is 4.39 Å². The molecule has 31 heavy (non-hydrogen) atoms. The molecule has 2 amide bonds. The Bertz CT molecular complexity index is 1100. The highest BCUT2D eigenvalue weighted by atomic mass is 79.9. The Morgan fingerprint density at radius 1 is 1.26 bits per heavy atom. The molecule has 10 heteroatoms. The summed E-state index contributed by atoms with van der Waals surface area (Å²) in [6, 6.07) is 12.5. The Kier molecular flexibility index (Phi) is 6.40. The number of fused-ring (bicyclic) bond motifs is 1. The van der Waals surface area contributed by atoms with Crippen LogP contribution in [0.25, 0.3) is 0 Å². The van der Waals surface area contributed by atoms with E-state index in [1.165, 1.54) is 28.8 Å². The van der Waals surface area contributed by atoms with Crippen molar-refractivity contribution in [3.8, 4) is 0 Å². The molecule has 2 heterocycles. The highest BCUT2D eigenvalue weighted by Crippen LogP contribution is 2.46. The van der Waals surface area contributed by atoms with Gasteiger partial charge in [-0.15, -0.1) is 11.8 Å². The lowest BCUT2D eigenvalue weighted by molar-refractivity contribution is -0.150. The fourth-order valence-electron chi connectivity index (χ4n) is 3.36. The van der Waals surface area contributed by atoms with Crippen molar-refractivity contribution < 1.29 is 23.9 Å². The van der Waals surface area contributed by atoms with E-state index in [4.69, 9.17) is 0 Å². The molecule has 0 radical (unpaired) electrons. The van der Waals surface area contributed by atoms with Gasteiger partial charge < -0.3 is 10.4 Å². The second-order valence-corrected chi connectivity index (χ2v) is 9.97. The van der Waals surface area contributed by atoms with Crippen molar-refractivity contribution in [2.75, 3.05) is 5.75 Å². The van der Waals surface area contributed by atoms with Crippen LogP contribution in [0.2, 0.25) is 0 Å². The molecule has 1 fully saturated rings. The number of amides is 2. The van der Waals surface area contributed by atoms with Crippen LogP contribution in [0.3, 0.4) is 0 Å². The molecule has 2 aromatic carbocycles. The predicted molar refractivity (Wildman–Crippen MR) is 120 cm³/mol. The first-order chi connectivity index (χ1) is 14.8. The highest BCUT2D eigenvalue weighted by molar-refractivity contribution is 9.10. The van der Waals surface area contributed by atoms with Crippen molar-refractivity contribution in [1.82, 2.24) is 10.2 Å². The molecule has 4 rings (SSSR count). The Balaban J connectivity index is 1.51. The summed E-state index contributed by atoms with van der Waals surface area (Å²) in [5.74, 6) is -2.11. The van der Waals surface area contributed by atoms with Gasteiger partial charge in [0.15, 0.2) is 0 Å². The number of halogens is 2. The number of rotatable bonds is 6. The van der Waals surface area contributed by atoms with E-state index >= 15 is 0 Å². The number of β-lactam (4-membered cyclic amide) rings is 1. The topological polar surface area (TPSA) is 86.7 Å². The van der Waals surface area contributed by atoms with Crippen LogP contribution < -0.4 is 5.32 Å². The molecule has 0 bridgehead atoms. The molecule has 2 aliphatic rings. The van der Waals surface area contributed by atoms with Gasteiger partial charge in [0.25, 0.3) is 5.91 Å². The largest absolute Gasteiger partial charge is 0.477 e. The molecule has 6 nitrogen and oxygen atoms in total. The van der Waals surface area contributed by atoms with E-state index in [1.54, 1.807) is 6.07 Å². The minimum atomic E-state index is -1.23. The molecule has 0 saturated carbocycles. The minimum Gasteiger partial charge on any atom is -0.477 e. The van der Waals surface area contributed by atoms with Gasteiger partial charge in [0.05, 0.1) is 6.42 Å². The monoisotopic (exact) mass is 522 g/mol. The van der Waals surface area contributed by atoms with Crippen molar-refractivity contribution >= 4 is 57.2 Å². The molecule has 2 atom stereocenters. The standard InChI is InChI=1S/C21H16BrFN2O4S2/c22-13-7-6-12(23)9-14(13)31-15-10-30-20-17(19(27)25(20)18(15)21(28)29)24-16(26)8-11-4-2-1-3-5-11/h1-7,9,17,20H,8,10H2,(H,24,26)(H,28,29)/t17-,20+/m1/s1. The molecule has 1 saturated heterocycles. The van der Waals surface area contributed by atoms with E-state index < -0.39 is 29.1 Å². The van der Waals surface area contributed by atoms with Gasteiger partial charge in [-0.25, -0.2) is 9.18 Å². The number of carboxylic acids is 1. The lowest BCUT2D eigenvalue weighted by Crippen LogP contribution is -2.70. The smallest absolute Gasteiger partial charge is 0.353 e. The first-order valence-electron chi connectivity index (χ1n) is 9.22. The van der Waals surface area contributed by atoms with E-state index in [0.29, 0.717) is 20.0 Å². The maximum Gasteiger partial charge on any atom is 0.353 e. The SMILES string of the molecule is O=C(Cc1ccccc1)N[C@@H]1C(=O)N2C(C(=O)O)=C(Sc3cc(F)ccc3Br)CS[C@@H]12. The van der Waals surface area contributed by atoms with E-state index in [9.17, 15) is 23.9 Å². The summed E-state index contributed by atoms with van der Waals surface area (Å²) < 4.78 is 14.3. The van der Waals surface area contributed by atoms with E-state index in [0.717, 1.165) is 17.3 Å². The van der Waals surface area contributed by atoms with Crippen LogP contribution >= 0.6 is 39.5 Å². The quantitative estimate of drug-likeness (QED) is 0.563. The van der Waals surface area contributed by atoms with Crippen LogP contribution in [0.1, 0.15) is 5.56 Å². The maximum atomic E-state index is 13.6. The van der Waals surface area contributed by atoms with Gasteiger partial charge in [-0.2, -0.15) is 0 Å². The number of carboxylic acid groups (broad SMARTS) is 1. The number of carbonyl (C=O) groups excluding carboxylic acids is 2. The van der Waals surface area contributed by atoms with Crippen LogP contribution in [0, 0.1) is 5.82 Å².